The first-order valence-electron chi connectivity index (χ1n) is 8.47. The Morgan fingerprint density at radius 2 is 1.67 bits per heavy atom. The minimum absolute atomic E-state index is 0.154. The zero-order chi connectivity index (χ0) is 17.7. The Hall–Kier alpha value is -1.46. The van der Waals surface area contributed by atoms with Crippen LogP contribution in [-0.2, 0) is 14.6 Å². The fourth-order valence-corrected chi connectivity index (χ4v) is 7.89. The van der Waals surface area contributed by atoms with Crippen LogP contribution in [-0.4, -0.2) is 22.3 Å². The molecule has 1 atom stereocenters. The fourth-order valence-electron chi connectivity index (χ4n) is 3.97. The maximum absolute atomic E-state index is 13.2. The van der Waals surface area contributed by atoms with E-state index in [-0.39, 0.29) is 11.7 Å². The normalized spacial score (nSPS) is 22.2. The Labute approximate surface area is 145 Å². The van der Waals surface area contributed by atoms with E-state index in [9.17, 15) is 13.2 Å². The van der Waals surface area contributed by atoms with E-state index in [4.69, 9.17) is 0 Å². The maximum atomic E-state index is 13.2. The summed E-state index contributed by atoms with van der Waals surface area (Å²) in [5.74, 6) is -0.169. The topological polar surface area (TPSA) is 51.2 Å². The number of hydrogen-bond donors (Lipinski definition) is 0. The first-order chi connectivity index (χ1) is 11.2. The molecule has 0 aromatic heterocycles. The molecule has 24 heavy (non-hydrogen) atoms. The van der Waals surface area contributed by atoms with Gasteiger partial charge in [-0.3, -0.25) is 4.79 Å². The lowest BCUT2D eigenvalue weighted by Gasteiger charge is -2.24. The van der Waals surface area contributed by atoms with E-state index in [1.807, 2.05) is 13.0 Å². The molecule has 2 aliphatic rings. The molecule has 5 heteroatoms. The summed E-state index contributed by atoms with van der Waals surface area (Å²) in [5, 5.41) is 0.963. The molecule has 0 aliphatic heterocycles. The van der Waals surface area contributed by atoms with Crippen LogP contribution in [0.2, 0.25) is 19.6 Å². The van der Waals surface area contributed by atoms with Crippen LogP contribution < -0.4 is 0 Å². The fraction of sp³-hybridized carbons (Fsp3) is 0.421. The van der Waals surface area contributed by atoms with Crippen LogP contribution in [0.15, 0.2) is 56.5 Å². The number of allylic oxidation sites excluding steroid dienone is 4. The average Bonchev–Trinajstić information content (AvgIpc) is 2.79. The minimum atomic E-state index is -3.53. The highest BCUT2D eigenvalue weighted by atomic mass is 32.2. The lowest BCUT2D eigenvalue weighted by atomic mass is 9.91. The number of ketones is 1. The molecule has 1 aromatic carbocycles. The quantitative estimate of drug-likeness (QED) is 0.756. The largest absolute Gasteiger partial charge is 0.294 e. The molecule has 3 nitrogen and oxygen atoms in total. The highest BCUT2D eigenvalue weighted by Gasteiger charge is 2.44. The van der Waals surface area contributed by atoms with E-state index in [0.29, 0.717) is 16.2 Å². The highest BCUT2D eigenvalue weighted by molar-refractivity contribution is 7.95. The van der Waals surface area contributed by atoms with Gasteiger partial charge in [-0.2, -0.15) is 0 Å². The smallest absolute Gasteiger partial charge is 0.203 e. The third kappa shape index (κ3) is 2.64. The van der Waals surface area contributed by atoms with Crippen LogP contribution in [0.25, 0.3) is 0 Å². The predicted molar refractivity (Wildman–Crippen MR) is 99.0 cm³/mol. The van der Waals surface area contributed by atoms with Gasteiger partial charge in [-0.1, -0.05) is 44.8 Å². The molecule has 2 aliphatic carbocycles. The van der Waals surface area contributed by atoms with Crippen molar-refractivity contribution >= 4 is 23.7 Å². The van der Waals surface area contributed by atoms with Crippen molar-refractivity contribution in [1.29, 1.82) is 0 Å². The summed E-state index contributed by atoms with van der Waals surface area (Å²) in [6.07, 6.45) is 2.17. The van der Waals surface area contributed by atoms with E-state index in [1.54, 1.807) is 24.3 Å². The summed E-state index contributed by atoms with van der Waals surface area (Å²) in [6.45, 7) is 8.38. The Morgan fingerprint density at radius 3 is 2.25 bits per heavy atom. The van der Waals surface area contributed by atoms with Gasteiger partial charge in [0, 0.05) is 5.92 Å². The lowest BCUT2D eigenvalue weighted by Crippen LogP contribution is -2.29. The van der Waals surface area contributed by atoms with Crippen molar-refractivity contribution in [3.05, 3.63) is 51.6 Å². The molecule has 0 spiro atoms. The Morgan fingerprint density at radius 1 is 1.04 bits per heavy atom. The first kappa shape index (κ1) is 17.4. The maximum Gasteiger partial charge on any atom is 0.203 e. The number of carbonyl (C=O) groups is 1. The number of Topliss-reactive ketones (excluding diaryl/α,β-unsaturated/α-hetero) is 1. The van der Waals surface area contributed by atoms with Gasteiger partial charge in [0.25, 0.3) is 0 Å². The van der Waals surface area contributed by atoms with Gasteiger partial charge in [-0.25, -0.2) is 8.42 Å². The molecule has 0 N–H and O–H groups in total. The van der Waals surface area contributed by atoms with Gasteiger partial charge in [0.15, 0.2) is 5.78 Å². The lowest BCUT2D eigenvalue weighted by molar-refractivity contribution is -0.116. The van der Waals surface area contributed by atoms with Gasteiger partial charge in [0.2, 0.25) is 9.84 Å². The van der Waals surface area contributed by atoms with Crippen LogP contribution >= 0.6 is 0 Å². The summed E-state index contributed by atoms with van der Waals surface area (Å²) >= 11 is 0. The Bertz CT molecular complexity index is 856. The van der Waals surface area contributed by atoms with Crippen molar-refractivity contribution in [2.45, 2.75) is 50.7 Å². The van der Waals surface area contributed by atoms with Crippen LogP contribution in [0.3, 0.4) is 0 Å². The van der Waals surface area contributed by atoms with Crippen molar-refractivity contribution in [3.63, 3.8) is 0 Å². The van der Waals surface area contributed by atoms with Crippen molar-refractivity contribution in [2.24, 2.45) is 5.92 Å². The van der Waals surface area contributed by atoms with E-state index in [1.165, 1.54) is 0 Å². The number of fused-ring (bicyclic) bond motifs is 1. The molecule has 1 unspecified atom stereocenters. The van der Waals surface area contributed by atoms with Gasteiger partial charge in [0.05, 0.1) is 17.9 Å². The molecule has 3 rings (SSSR count). The van der Waals surface area contributed by atoms with E-state index in [0.717, 1.165) is 29.2 Å². The number of benzene rings is 1. The van der Waals surface area contributed by atoms with Gasteiger partial charge in [0.1, 0.15) is 0 Å². The molecule has 128 valence electrons. The summed E-state index contributed by atoms with van der Waals surface area (Å²) < 4.78 is 26.3. The van der Waals surface area contributed by atoms with Crippen LogP contribution in [0.5, 0.6) is 0 Å². The molecule has 0 heterocycles. The summed E-state index contributed by atoms with van der Waals surface area (Å²) in [7, 11) is -5.34. The molecular formula is C19H24O3SSi. The number of carbonyl (C=O) groups excluding carboxylic acids is 1. The number of sulfone groups is 1. The predicted octanol–water partition coefficient (Wildman–Crippen LogP) is 4.29. The van der Waals surface area contributed by atoms with Crippen LogP contribution in [0, 0.1) is 5.92 Å². The molecule has 0 saturated carbocycles. The SMILES string of the molecule is CC1C(=O)C([Si](C)(C)C)=C2CCCC(S(=O)(=O)c3ccccc3)=C21. The van der Waals surface area contributed by atoms with E-state index >= 15 is 0 Å². The van der Waals surface area contributed by atoms with Gasteiger partial charge >= 0.3 is 0 Å². The molecule has 0 saturated heterocycles. The van der Waals surface area contributed by atoms with E-state index in [2.05, 4.69) is 19.6 Å². The van der Waals surface area contributed by atoms with Crippen molar-refractivity contribution in [2.75, 3.05) is 0 Å². The standard InChI is InChI=1S/C19H24O3SSi/c1-13-17-15(19(18(13)20)24(2,3)4)11-8-12-16(17)23(21,22)14-9-6-5-7-10-14/h5-7,9-10,13H,8,11-12H2,1-4H3. The van der Waals surface area contributed by atoms with Crippen LogP contribution in [0.4, 0.5) is 0 Å². The molecule has 0 fully saturated rings. The van der Waals surface area contributed by atoms with Crippen molar-refractivity contribution in [3.8, 4) is 0 Å². The number of hydrogen-bond acceptors (Lipinski definition) is 3. The Balaban J connectivity index is 2.26. The average molecular weight is 361 g/mol. The monoisotopic (exact) mass is 360 g/mol. The second kappa shape index (κ2) is 5.81. The van der Waals surface area contributed by atoms with Gasteiger partial charge in [-0.05, 0) is 47.7 Å². The summed E-state index contributed by atoms with van der Waals surface area (Å²) in [5.41, 5.74) is 1.86. The molecule has 0 bridgehead atoms. The first-order valence-corrected chi connectivity index (χ1v) is 13.5. The summed E-state index contributed by atoms with van der Waals surface area (Å²) in [6, 6.07) is 8.58. The van der Waals surface area contributed by atoms with Gasteiger partial charge < -0.3 is 0 Å². The zero-order valence-corrected chi connectivity index (χ0v) is 16.5. The molecule has 1 aromatic rings. The number of rotatable bonds is 3. The minimum Gasteiger partial charge on any atom is -0.294 e. The second-order valence-corrected chi connectivity index (χ2v) is 14.7. The molecular weight excluding hydrogens is 336 g/mol. The third-order valence-electron chi connectivity index (χ3n) is 4.96. The van der Waals surface area contributed by atoms with Gasteiger partial charge in [-0.15, -0.1) is 0 Å². The van der Waals surface area contributed by atoms with Crippen molar-refractivity contribution < 1.29 is 13.2 Å². The highest BCUT2D eigenvalue weighted by Crippen LogP contribution is 2.47. The van der Waals surface area contributed by atoms with Crippen LogP contribution in [0.1, 0.15) is 26.2 Å². The molecule has 0 radical (unpaired) electrons. The zero-order valence-electron chi connectivity index (χ0n) is 14.7. The third-order valence-corrected chi connectivity index (χ3v) is 8.97. The van der Waals surface area contributed by atoms with E-state index < -0.39 is 17.9 Å². The Kier molecular flexibility index (Phi) is 4.20. The molecule has 0 amide bonds. The second-order valence-electron chi connectivity index (χ2n) is 7.70. The van der Waals surface area contributed by atoms with Crippen molar-refractivity contribution in [1.82, 2.24) is 0 Å². The summed E-state index contributed by atoms with van der Waals surface area (Å²) in [4.78, 5) is 13.7.